The Hall–Kier alpha value is -1.32. The number of ether oxygens (including phenoxy) is 2. The molecule has 1 aliphatic heterocycles. The van der Waals surface area contributed by atoms with Crippen LogP contribution >= 0.6 is 24.0 Å². The van der Waals surface area contributed by atoms with Crippen LogP contribution < -0.4 is 5.32 Å². The molecule has 1 aliphatic rings. The number of fused-ring (bicyclic) bond motifs is 1. The number of methoxy groups -OCH3 is 1. The number of nitrogens with zero attached hydrogens (tertiary/aromatic N) is 2. The van der Waals surface area contributed by atoms with Crippen molar-refractivity contribution in [1.82, 2.24) is 10.2 Å². The number of hydrogen-bond donors (Lipinski definition) is 1. The van der Waals surface area contributed by atoms with Crippen LogP contribution in [-0.2, 0) is 16.0 Å². The second kappa shape index (κ2) is 12.4. The summed E-state index contributed by atoms with van der Waals surface area (Å²) in [6, 6.07) is 8.16. The first-order chi connectivity index (χ1) is 13.7. The molecule has 0 aliphatic carbocycles. The minimum absolute atomic E-state index is 0. The van der Waals surface area contributed by atoms with Crippen molar-refractivity contribution in [2.75, 3.05) is 40.0 Å². The monoisotopic (exact) mass is 515 g/mol. The second-order valence-corrected chi connectivity index (χ2v) is 7.22. The van der Waals surface area contributed by atoms with Gasteiger partial charge in [-0.05, 0) is 39.2 Å². The van der Waals surface area contributed by atoms with Gasteiger partial charge in [0.15, 0.2) is 5.96 Å². The number of piperidine rings is 1. The Labute approximate surface area is 191 Å². The lowest BCUT2D eigenvalue weighted by molar-refractivity contribution is 0.00989. The molecule has 6 nitrogen and oxygen atoms in total. The highest BCUT2D eigenvalue weighted by atomic mass is 127. The fourth-order valence-electron chi connectivity index (χ4n) is 3.64. The van der Waals surface area contributed by atoms with Gasteiger partial charge in [-0.25, -0.2) is 4.99 Å². The van der Waals surface area contributed by atoms with E-state index < -0.39 is 0 Å². The molecule has 2 heterocycles. The smallest absolute Gasteiger partial charge is 0.194 e. The van der Waals surface area contributed by atoms with E-state index in [9.17, 15) is 0 Å². The summed E-state index contributed by atoms with van der Waals surface area (Å²) in [7, 11) is 1.73. The second-order valence-electron chi connectivity index (χ2n) is 7.22. The Bertz CT molecular complexity index is 770. The third kappa shape index (κ3) is 6.58. The number of para-hydroxylation sites is 1. The average molecular weight is 515 g/mol. The van der Waals surface area contributed by atoms with Crippen molar-refractivity contribution in [2.24, 2.45) is 4.99 Å². The molecular formula is C22H34IN3O3. The molecule has 1 fully saturated rings. The molecule has 0 radical (unpaired) electrons. The largest absolute Gasteiger partial charge is 0.459 e. The zero-order chi connectivity index (χ0) is 19.8. The molecule has 162 valence electrons. The summed E-state index contributed by atoms with van der Waals surface area (Å²) in [5.74, 6) is 1.90. The van der Waals surface area contributed by atoms with E-state index in [4.69, 9.17) is 18.9 Å². The Morgan fingerprint density at radius 3 is 2.69 bits per heavy atom. The third-order valence-corrected chi connectivity index (χ3v) is 5.24. The van der Waals surface area contributed by atoms with Crippen molar-refractivity contribution in [3.8, 4) is 0 Å². The van der Waals surface area contributed by atoms with E-state index in [1.54, 1.807) is 7.11 Å². The molecule has 2 aromatic rings. The first-order valence-electron chi connectivity index (χ1n) is 10.3. The highest BCUT2D eigenvalue weighted by Gasteiger charge is 2.22. The SMILES string of the molecule is CCNC(=NCc1oc2ccccc2c1C)N1CCC(OCCCOC)CC1.I. The summed E-state index contributed by atoms with van der Waals surface area (Å²) in [6.07, 6.45) is 3.35. The summed E-state index contributed by atoms with van der Waals surface area (Å²) in [4.78, 5) is 7.19. The average Bonchev–Trinajstić information content (AvgIpc) is 3.05. The molecule has 0 spiro atoms. The number of furan rings is 1. The van der Waals surface area contributed by atoms with Gasteiger partial charge >= 0.3 is 0 Å². The van der Waals surface area contributed by atoms with Crippen molar-refractivity contribution in [2.45, 2.75) is 45.8 Å². The van der Waals surface area contributed by atoms with Gasteiger partial charge in [0.2, 0.25) is 0 Å². The molecule has 1 aromatic heterocycles. The molecule has 0 amide bonds. The van der Waals surface area contributed by atoms with E-state index in [2.05, 4.69) is 30.1 Å². The van der Waals surface area contributed by atoms with Crippen LogP contribution in [0.2, 0.25) is 0 Å². The minimum Gasteiger partial charge on any atom is -0.459 e. The zero-order valence-electron chi connectivity index (χ0n) is 17.8. The summed E-state index contributed by atoms with van der Waals surface area (Å²) < 4.78 is 17.1. The van der Waals surface area contributed by atoms with Gasteiger partial charge < -0.3 is 24.1 Å². The van der Waals surface area contributed by atoms with E-state index in [1.807, 2.05) is 18.2 Å². The molecule has 0 unspecified atom stereocenters. The number of nitrogens with one attached hydrogen (secondary N) is 1. The maximum absolute atomic E-state index is 6.01. The number of aryl methyl sites for hydroxylation is 1. The van der Waals surface area contributed by atoms with Crippen LogP contribution in [0.4, 0.5) is 0 Å². The third-order valence-electron chi connectivity index (χ3n) is 5.24. The van der Waals surface area contributed by atoms with Crippen molar-refractivity contribution in [3.05, 3.63) is 35.6 Å². The number of guanidine groups is 1. The molecule has 7 heteroatoms. The number of hydrogen-bond acceptors (Lipinski definition) is 4. The highest BCUT2D eigenvalue weighted by molar-refractivity contribution is 14.0. The van der Waals surface area contributed by atoms with E-state index in [1.165, 1.54) is 10.9 Å². The number of benzene rings is 1. The Morgan fingerprint density at radius 2 is 2.00 bits per heavy atom. The number of halogens is 1. The van der Waals surface area contributed by atoms with Crippen molar-refractivity contribution in [3.63, 3.8) is 0 Å². The molecule has 0 atom stereocenters. The highest BCUT2D eigenvalue weighted by Crippen LogP contribution is 2.25. The number of aliphatic imine (C=N–C) groups is 1. The van der Waals surface area contributed by atoms with Gasteiger partial charge in [-0.3, -0.25) is 0 Å². The quantitative estimate of drug-likeness (QED) is 0.245. The van der Waals surface area contributed by atoms with Crippen molar-refractivity contribution in [1.29, 1.82) is 0 Å². The van der Waals surface area contributed by atoms with Crippen molar-refractivity contribution >= 4 is 40.9 Å². The maximum atomic E-state index is 6.01. The van der Waals surface area contributed by atoms with Gasteiger partial charge in [0.05, 0.1) is 6.10 Å². The summed E-state index contributed by atoms with van der Waals surface area (Å²) in [5.41, 5.74) is 2.11. The van der Waals surface area contributed by atoms with Crippen LogP contribution in [0, 0.1) is 6.92 Å². The van der Waals surface area contributed by atoms with Crippen LogP contribution in [-0.4, -0.2) is 56.9 Å². The normalized spacial score (nSPS) is 15.6. The molecule has 1 saturated heterocycles. The number of rotatable bonds is 8. The minimum atomic E-state index is 0. The lowest BCUT2D eigenvalue weighted by Crippen LogP contribution is -2.47. The van der Waals surface area contributed by atoms with E-state index in [0.29, 0.717) is 12.6 Å². The fourth-order valence-corrected chi connectivity index (χ4v) is 3.64. The lowest BCUT2D eigenvalue weighted by Gasteiger charge is -2.34. The molecule has 0 bridgehead atoms. The molecule has 0 saturated carbocycles. The molecule has 1 aromatic carbocycles. The summed E-state index contributed by atoms with van der Waals surface area (Å²) in [5, 5.41) is 4.60. The van der Waals surface area contributed by atoms with Crippen LogP contribution in [0.3, 0.4) is 0 Å². The van der Waals surface area contributed by atoms with Crippen molar-refractivity contribution < 1.29 is 13.9 Å². The first-order valence-corrected chi connectivity index (χ1v) is 10.3. The van der Waals surface area contributed by atoms with E-state index in [-0.39, 0.29) is 24.0 Å². The maximum Gasteiger partial charge on any atom is 0.194 e. The predicted molar refractivity (Wildman–Crippen MR) is 128 cm³/mol. The Morgan fingerprint density at radius 1 is 1.24 bits per heavy atom. The summed E-state index contributed by atoms with van der Waals surface area (Å²) in [6.45, 7) is 9.07. The Kier molecular flexibility index (Phi) is 10.2. The molecule has 3 rings (SSSR count). The predicted octanol–water partition coefficient (Wildman–Crippen LogP) is 4.34. The van der Waals surface area contributed by atoms with E-state index in [0.717, 1.165) is 69.4 Å². The van der Waals surface area contributed by atoms with Gasteiger partial charge in [-0.2, -0.15) is 0 Å². The Balaban J connectivity index is 0.00000300. The van der Waals surface area contributed by atoms with Crippen LogP contribution in [0.15, 0.2) is 33.7 Å². The van der Waals surface area contributed by atoms with E-state index >= 15 is 0 Å². The van der Waals surface area contributed by atoms with Gasteiger partial charge in [-0.1, -0.05) is 18.2 Å². The lowest BCUT2D eigenvalue weighted by atomic mass is 10.1. The molecule has 29 heavy (non-hydrogen) atoms. The van der Waals surface area contributed by atoms with Crippen LogP contribution in [0.25, 0.3) is 11.0 Å². The number of likely N-dealkylation sites (tertiary alicyclic amines) is 1. The fraction of sp³-hybridized carbons (Fsp3) is 0.591. The topological polar surface area (TPSA) is 59.2 Å². The zero-order valence-corrected chi connectivity index (χ0v) is 20.1. The van der Waals surface area contributed by atoms with Gasteiger partial charge in [0.25, 0.3) is 0 Å². The first kappa shape index (κ1) is 24.0. The molecular weight excluding hydrogens is 481 g/mol. The van der Waals surface area contributed by atoms with Gasteiger partial charge in [0.1, 0.15) is 17.9 Å². The standard InChI is InChI=1S/C22H33N3O3.HI/c1-4-23-22(25-12-10-18(11-13-25)27-15-7-14-26-3)24-16-21-17(2)19-8-5-6-9-20(19)28-21;/h5-6,8-9,18H,4,7,10-16H2,1-3H3,(H,23,24);1H. The van der Waals surface area contributed by atoms with Crippen LogP contribution in [0.1, 0.15) is 37.5 Å². The summed E-state index contributed by atoms with van der Waals surface area (Å²) >= 11 is 0. The van der Waals surface area contributed by atoms with Crippen LogP contribution in [0.5, 0.6) is 0 Å². The van der Waals surface area contributed by atoms with Gasteiger partial charge in [0, 0.05) is 50.9 Å². The van der Waals surface area contributed by atoms with Gasteiger partial charge in [-0.15, -0.1) is 24.0 Å². The molecule has 1 N–H and O–H groups in total.